The highest BCUT2D eigenvalue weighted by atomic mass is 16.5. The molecule has 18 heavy (non-hydrogen) atoms. The first-order chi connectivity index (χ1) is 8.79. The van der Waals surface area contributed by atoms with Crippen LogP contribution < -0.4 is 10.1 Å². The average molecular weight is 248 g/mol. The molecule has 1 aliphatic rings. The third-order valence-corrected chi connectivity index (χ3v) is 3.77. The molecular formula is C15H24N2O. The van der Waals surface area contributed by atoms with Crippen molar-refractivity contribution >= 4 is 0 Å². The van der Waals surface area contributed by atoms with E-state index in [0.29, 0.717) is 6.04 Å². The lowest BCUT2D eigenvalue weighted by Crippen LogP contribution is -2.18. The van der Waals surface area contributed by atoms with Crippen molar-refractivity contribution in [2.45, 2.75) is 45.6 Å². The summed E-state index contributed by atoms with van der Waals surface area (Å²) in [6.45, 7) is 6.06. The highest BCUT2D eigenvalue weighted by molar-refractivity contribution is 5.23. The van der Waals surface area contributed by atoms with Crippen LogP contribution >= 0.6 is 0 Å². The van der Waals surface area contributed by atoms with Crippen LogP contribution in [0.1, 0.15) is 51.1 Å². The zero-order valence-electron chi connectivity index (χ0n) is 11.5. The van der Waals surface area contributed by atoms with E-state index in [1.807, 2.05) is 18.3 Å². The number of nitrogens with one attached hydrogen (secondary N) is 1. The Morgan fingerprint density at radius 3 is 3.00 bits per heavy atom. The minimum absolute atomic E-state index is 0.354. The van der Waals surface area contributed by atoms with Crippen LogP contribution in [0.2, 0.25) is 0 Å². The third-order valence-electron chi connectivity index (χ3n) is 3.77. The number of pyridine rings is 1. The lowest BCUT2D eigenvalue weighted by atomic mass is 9.83. The molecule has 3 nitrogen and oxygen atoms in total. The Hall–Kier alpha value is -1.09. The first kappa shape index (κ1) is 13.3. The second-order valence-corrected chi connectivity index (χ2v) is 5.14. The molecule has 0 saturated heterocycles. The SMILES string of the molecule is CCNC(C)c1ccnc(OCCC2CCC2)c1. The van der Waals surface area contributed by atoms with E-state index in [1.165, 1.54) is 31.2 Å². The molecule has 0 radical (unpaired) electrons. The van der Waals surface area contributed by atoms with Crippen molar-refractivity contribution in [1.82, 2.24) is 10.3 Å². The molecule has 1 N–H and O–H groups in total. The molecule has 1 fully saturated rings. The van der Waals surface area contributed by atoms with Gasteiger partial charge in [-0.25, -0.2) is 4.98 Å². The predicted octanol–water partition coefficient (Wildman–Crippen LogP) is 3.32. The van der Waals surface area contributed by atoms with Gasteiger partial charge >= 0.3 is 0 Å². The number of nitrogens with zero attached hydrogens (tertiary/aromatic N) is 1. The van der Waals surface area contributed by atoms with Crippen LogP contribution in [0.3, 0.4) is 0 Å². The minimum atomic E-state index is 0.354. The van der Waals surface area contributed by atoms with Crippen molar-refractivity contribution in [3.8, 4) is 5.88 Å². The van der Waals surface area contributed by atoms with Gasteiger partial charge in [0.2, 0.25) is 5.88 Å². The zero-order valence-corrected chi connectivity index (χ0v) is 11.5. The lowest BCUT2D eigenvalue weighted by molar-refractivity contribution is 0.217. The molecule has 0 bridgehead atoms. The fourth-order valence-electron chi connectivity index (χ4n) is 2.31. The molecule has 100 valence electrons. The average Bonchev–Trinajstić information content (AvgIpc) is 2.33. The van der Waals surface area contributed by atoms with E-state index in [-0.39, 0.29) is 0 Å². The van der Waals surface area contributed by atoms with Crippen LogP contribution in [-0.2, 0) is 0 Å². The van der Waals surface area contributed by atoms with Gasteiger partial charge in [-0.15, -0.1) is 0 Å². The zero-order chi connectivity index (χ0) is 12.8. The van der Waals surface area contributed by atoms with Gasteiger partial charge in [0, 0.05) is 18.3 Å². The highest BCUT2D eigenvalue weighted by Crippen LogP contribution is 2.29. The summed E-state index contributed by atoms with van der Waals surface area (Å²) in [5, 5.41) is 3.40. The van der Waals surface area contributed by atoms with Crippen LogP contribution in [0.25, 0.3) is 0 Å². The molecule has 1 atom stereocenters. The maximum absolute atomic E-state index is 5.74. The minimum Gasteiger partial charge on any atom is -0.478 e. The van der Waals surface area contributed by atoms with Crippen molar-refractivity contribution in [1.29, 1.82) is 0 Å². The van der Waals surface area contributed by atoms with Gasteiger partial charge in [-0.1, -0.05) is 26.2 Å². The van der Waals surface area contributed by atoms with Crippen LogP contribution in [0.15, 0.2) is 18.3 Å². The normalized spacial score (nSPS) is 17.2. The second-order valence-electron chi connectivity index (χ2n) is 5.14. The Labute approximate surface area is 110 Å². The van der Waals surface area contributed by atoms with E-state index in [1.54, 1.807) is 0 Å². The maximum Gasteiger partial charge on any atom is 0.213 e. The van der Waals surface area contributed by atoms with Crippen LogP contribution in [0, 0.1) is 5.92 Å². The number of ether oxygens (including phenoxy) is 1. The molecule has 1 aliphatic carbocycles. The molecule has 0 aliphatic heterocycles. The molecule has 0 amide bonds. The smallest absolute Gasteiger partial charge is 0.213 e. The van der Waals surface area contributed by atoms with Crippen molar-refractivity contribution in [3.05, 3.63) is 23.9 Å². The number of rotatable bonds is 7. The van der Waals surface area contributed by atoms with Crippen LogP contribution in [-0.4, -0.2) is 18.1 Å². The molecule has 1 saturated carbocycles. The Bertz CT molecular complexity index is 363. The molecule has 0 spiro atoms. The van der Waals surface area contributed by atoms with Crippen LogP contribution in [0.4, 0.5) is 0 Å². The van der Waals surface area contributed by atoms with Crippen LogP contribution in [0.5, 0.6) is 5.88 Å². The Morgan fingerprint density at radius 2 is 2.33 bits per heavy atom. The van der Waals surface area contributed by atoms with Gasteiger partial charge < -0.3 is 10.1 Å². The molecule has 1 unspecified atom stereocenters. The molecule has 1 aromatic rings. The van der Waals surface area contributed by atoms with Gasteiger partial charge in [0.05, 0.1) is 6.61 Å². The van der Waals surface area contributed by atoms with Gasteiger partial charge in [-0.3, -0.25) is 0 Å². The first-order valence-electron chi connectivity index (χ1n) is 7.11. The van der Waals surface area contributed by atoms with E-state index < -0.39 is 0 Å². The monoisotopic (exact) mass is 248 g/mol. The quantitative estimate of drug-likeness (QED) is 0.803. The van der Waals surface area contributed by atoms with Crippen molar-refractivity contribution < 1.29 is 4.74 Å². The summed E-state index contributed by atoms with van der Waals surface area (Å²) >= 11 is 0. The topological polar surface area (TPSA) is 34.2 Å². The number of hydrogen-bond donors (Lipinski definition) is 1. The van der Waals surface area contributed by atoms with Gasteiger partial charge in [-0.2, -0.15) is 0 Å². The Balaban J connectivity index is 1.82. The fraction of sp³-hybridized carbons (Fsp3) is 0.667. The first-order valence-corrected chi connectivity index (χ1v) is 7.11. The summed E-state index contributed by atoms with van der Waals surface area (Å²) in [7, 11) is 0. The maximum atomic E-state index is 5.74. The molecule has 0 aromatic carbocycles. The van der Waals surface area contributed by atoms with E-state index in [4.69, 9.17) is 4.74 Å². The summed E-state index contributed by atoms with van der Waals surface area (Å²) in [4.78, 5) is 4.27. The Kier molecular flexibility index (Phi) is 5.00. The van der Waals surface area contributed by atoms with Crippen molar-refractivity contribution in [2.24, 2.45) is 5.92 Å². The summed E-state index contributed by atoms with van der Waals surface area (Å²) in [6.07, 6.45) is 7.18. The summed E-state index contributed by atoms with van der Waals surface area (Å²) in [5.41, 5.74) is 1.24. The molecule has 1 aromatic heterocycles. The largest absolute Gasteiger partial charge is 0.478 e. The standard InChI is InChI=1S/C15H24N2O/c1-3-16-12(2)14-7-9-17-15(11-14)18-10-8-13-5-4-6-13/h7,9,11-13,16H,3-6,8,10H2,1-2H3. The molecular weight excluding hydrogens is 224 g/mol. The predicted molar refractivity (Wildman–Crippen MR) is 73.8 cm³/mol. The lowest BCUT2D eigenvalue weighted by Gasteiger charge is -2.24. The third kappa shape index (κ3) is 3.70. The molecule has 1 heterocycles. The highest BCUT2D eigenvalue weighted by Gasteiger charge is 2.17. The molecule has 2 rings (SSSR count). The fourth-order valence-corrected chi connectivity index (χ4v) is 2.31. The van der Waals surface area contributed by atoms with Gasteiger partial charge in [0.1, 0.15) is 0 Å². The van der Waals surface area contributed by atoms with Gasteiger partial charge in [0.15, 0.2) is 0 Å². The van der Waals surface area contributed by atoms with Gasteiger partial charge in [0.25, 0.3) is 0 Å². The Morgan fingerprint density at radius 1 is 1.50 bits per heavy atom. The summed E-state index contributed by atoms with van der Waals surface area (Å²) in [6, 6.07) is 4.45. The van der Waals surface area contributed by atoms with E-state index in [2.05, 4.69) is 24.1 Å². The van der Waals surface area contributed by atoms with E-state index in [9.17, 15) is 0 Å². The van der Waals surface area contributed by atoms with Gasteiger partial charge in [-0.05, 0) is 37.4 Å². The van der Waals surface area contributed by atoms with Crippen molar-refractivity contribution in [3.63, 3.8) is 0 Å². The second kappa shape index (κ2) is 6.74. The van der Waals surface area contributed by atoms with E-state index in [0.717, 1.165) is 24.9 Å². The molecule has 3 heteroatoms. The number of hydrogen-bond acceptors (Lipinski definition) is 3. The van der Waals surface area contributed by atoms with E-state index >= 15 is 0 Å². The summed E-state index contributed by atoms with van der Waals surface area (Å²) in [5.74, 6) is 1.66. The summed E-state index contributed by atoms with van der Waals surface area (Å²) < 4.78 is 5.74. The van der Waals surface area contributed by atoms with Crippen molar-refractivity contribution in [2.75, 3.05) is 13.2 Å². The number of aromatic nitrogens is 1.